The van der Waals surface area contributed by atoms with Gasteiger partial charge in [-0.3, -0.25) is 4.90 Å². The predicted octanol–water partition coefficient (Wildman–Crippen LogP) is 2.44. The number of fused-ring (bicyclic) bond motifs is 1. The number of halogens is 2. The molecule has 13 heavy (non-hydrogen) atoms. The number of hydrogen-bond acceptors (Lipinski definition) is 1. The van der Waals surface area contributed by atoms with Crippen molar-refractivity contribution in [3.8, 4) is 0 Å². The van der Waals surface area contributed by atoms with Gasteiger partial charge in [-0.15, -0.1) is 0 Å². The number of hydrogen-bond donors (Lipinski definition) is 0. The average molecular weight is 187 g/mol. The summed E-state index contributed by atoms with van der Waals surface area (Å²) in [6.07, 6.45) is 1.87. The fourth-order valence-electron chi connectivity index (χ4n) is 2.76. The maximum absolute atomic E-state index is 13.2. The highest BCUT2D eigenvalue weighted by Crippen LogP contribution is 2.49. The second-order valence-electron chi connectivity index (χ2n) is 4.37. The first-order chi connectivity index (χ1) is 5.96. The van der Waals surface area contributed by atoms with Crippen LogP contribution >= 0.6 is 0 Å². The maximum Gasteiger partial charge on any atom is 0.262 e. The van der Waals surface area contributed by atoms with Crippen LogP contribution < -0.4 is 0 Å². The molecule has 0 spiro atoms. The molecule has 3 heteroatoms. The lowest BCUT2D eigenvalue weighted by Gasteiger charge is -2.31. The van der Waals surface area contributed by atoms with E-state index in [0.717, 1.165) is 25.0 Å². The van der Waals surface area contributed by atoms with E-state index in [1.54, 1.807) is 0 Å². The van der Waals surface area contributed by atoms with Gasteiger partial charge in [0.1, 0.15) is 0 Å². The minimum Gasteiger partial charge on any atom is -0.288 e. The standard InChI is InChI=1S/C10H15F2N/c1-8(2)9-4-3-5-13(9)7-10(11,12)6-9/h1,3-7H2,2H3. The highest BCUT2D eigenvalue weighted by Gasteiger charge is 2.56. The molecule has 1 nitrogen and oxygen atoms in total. The summed E-state index contributed by atoms with van der Waals surface area (Å²) < 4.78 is 26.4. The molecule has 2 rings (SSSR count). The van der Waals surface area contributed by atoms with Crippen LogP contribution in [0.5, 0.6) is 0 Å². The summed E-state index contributed by atoms with van der Waals surface area (Å²) in [5, 5.41) is 0. The van der Waals surface area contributed by atoms with Crippen molar-refractivity contribution in [2.24, 2.45) is 0 Å². The monoisotopic (exact) mass is 187 g/mol. The Bertz CT molecular complexity index is 249. The summed E-state index contributed by atoms with van der Waals surface area (Å²) in [6.45, 7) is 6.47. The molecule has 0 aromatic heterocycles. The Morgan fingerprint density at radius 1 is 1.46 bits per heavy atom. The summed E-state index contributed by atoms with van der Waals surface area (Å²) in [7, 11) is 0. The molecule has 0 aliphatic carbocycles. The molecule has 74 valence electrons. The number of nitrogens with zero attached hydrogens (tertiary/aromatic N) is 1. The zero-order valence-corrected chi connectivity index (χ0v) is 7.95. The van der Waals surface area contributed by atoms with Crippen LogP contribution in [0.15, 0.2) is 12.2 Å². The van der Waals surface area contributed by atoms with Crippen LogP contribution in [0.25, 0.3) is 0 Å². The Balaban J connectivity index is 2.30. The highest BCUT2D eigenvalue weighted by molar-refractivity contribution is 5.22. The fourth-order valence-corrected chi connectivity index (χ4v) is 2.76. The number of rotatable bonds is 1. The first-order valence-electron chi connectivity index (χ1n) is 4.75. The maximum atomic E-state index is 13.2. The zero-order valence-electron chi connectivity index (χ0n) is 7.95. The molecule has 0 saturated carbocycles. The molecular weight excluding hydrogens is 172 g/mol. The van der Waals surface area contributed by atoms with Gasteiger partial charge in [-0.1, -0.05) is 12.2 Å². The number of alkyl halides is 2. The molecule has 2 aliphatic heterocycles. The van der Waals surface area contributed by atoms with Crippen LogP contribution in [0.4, 0.5) is 8.78 Å². The summed E-state index contributed by atoms with van der Waals surface area (Å²) in [4.78, 5) is 1.91. The third kappa shape index (κ3) is 1.21. The molecule has 0 bridgehead atoms. The topological polar surface area (TPSA) is 3.24 Å². The summed E-state index contributed by atoms with van der Waals surface area (Å²) in [5.41, 5.74) is 0.533. The van der Waals surface area contributed by atoms with Gasteiger partial charge in [-0.25, -0.2) is 8.78 Å². The highest BCUT2D eigenvalue weighted by atomic mass is 19.3. The molecule has 0 amide bonds. The van der Waals surface area contributed by atoms with Crippen LogP contribution in [-0.4, -0.2) is 29.5 Å². The lowest BCUT2D eigenvalue weighted by molar-refractivity contribution is 0.0101. The van der Waals surface area contributed by atoms with E-state index < -0.39 is 5.92 Å². The minimum absolute atomic E-state index is 0.0185. The second-order valence-corrected chi connectivity index (χ2v) is 4.37. The van der Waals surface area contributed by atoms with Gasteiger partial charge < -0.3 is 0 Å². The molecule has 2 aliphatic rings. The first-order valence-corrected chi connectivity index (χ1v) is 4.75. The SMILES string of the molecule is C=C(C)C12CCCN1CC(F)(F)C2. The summed E-state index contributed by atoms with van der Waals surface area (Å²) >= 11 is 0. The first kappa shape index (κ1) is 9.13. The lowest BCUT2D eigenvalue weighted by Crippen LogP contribution is -2.38. The van der Waals surface area contributed by atoms with Crippen molar-refractivity contribution in [1.82, 2.24) is 4.90 Å². The molecule has 0 N–H and O–H groups in total. The Kier molecular flexibility index (Phi) is 1.78. The van der Waals surface area contributed by atoms with Gasteiger partial charge in [0.15, 0.2) is 0 Å². The van der Waals surface area contributed by atoms with E-state index >= 15 is 0 Å². The van der Waals surface area contributed by atoms with Crippen LogP contribution in [-0.2, 0) is 0 Å². The van der Waals surface area contributed by atoms with Crippen LogP contribution in [0, 0.1) is 0 Å². The van der Waals surface area contributed by atoms with Crippen molar-refractivity contribution in [1.29, 1.82) is 0 Å². The molecule has 2 fully saturated rings. The van der Waals surface area contributed by atoms with Gasteiger partial charge in [0.25, 0.3) is 5.92 Å². The Morgan fingerprint density at radius 2 is 2.15 bits per heavy atom. The van der Waals surface area contributed by atoms with E-state index in [4.69, 9.17) is 0 Å². The summed E-state index contributed by atoms with van der Waals surface area (Å²) in [6, 6.07) is 0. The average Bonchev–Trinajstić information content (AvgIpc) is 2.40. The van der Waals surface area contributed by atoms with Crippen LogP contribution in [0.2, 0.25) is 0 Å². The quantitative estimate of drug-likeness (QED) is 0.570. The minimum atomic E-state index is -2.50. The van der Waals surface area contributed by atoms with Gasteiger partial charge >= 0.3 is 0 Å². The van der Waals surface area contributed by atoms with Gasteiger partial charge in [0.05, 0.1) is 6.54 Å². The smallest absolute Gasteiger partial charge is 0.262 e. The largest absolute Gasteiger partial charge is 0.288 e. The zero-order chi connectivity index (χ0) is 9.69. The van der Waals surface area contributed by atoms with Crippen LogP contribution in [0.3, 0.4) is 0 Å². The molecule has 0 radical (unpaired) electrons. The van der Waals surface area contributed by atoms with Crippen molar-refractivity contribution in [2.75, 3.05) is 13.1 Å². The van der Waals surface area contributed by atoms with Gasteiger partial charge in [-0.05, 0) is 26.3 Å². The third-order valence-corrected chi connectivity index (χ3v) is 3.39. The Hall–Kier alpha value is -0.440. The fraction of sp³-hybridized carbons (Fsp3) is 0.800. The molecular formula is C10H15F2N. The van der Waals surface area contributed by atoms with Crippen LogP contribution in [0.1, 0.15) is 26.2 Å². The predicted molar refractivity (Wildman–Crippen MR) is 47.9 cm³/mol. The molecule has 0 aromatic carbocycles. The van der Waals surface area contributed by atoms with Gasteiger partial charge in [0.2, 0.25) is 0 Å². The van der Waals surface area contributed by atoms with Crippen molar-refractivity contribution < 1.29 is 8.78 Å². The molecule has 1 atom stereocenters. The van der Waals surface area contributed by atoms with Crippen molar-refractivity contribution in [3.05, 3.63) is 12.2 Å². The summed E-state index contributed by atoms with van der Waals surface area (Å²) in [5.74, 6) is -2.50. The Morgan fingerprint density at radius 3 is 2.69 bits per heavy atom. The molecule has 0 aromatic rings. The van der Waals surface area contributed by atoms with E-state index in [1.807, 2.05) is 11.8 Å². The normalized spacial score (nSPS) is 37.8. The van der Waals surface area contributed by atoms with E-state index in [-0.39, 0.29) is 18.5 Å². The molecule has 2 saturated heterocycles. The van der Waals surface area contributed by atoms with Gasteiger partial charge in [0, 0.05) is 12.0 Å². The molecule has 2 heterocycles. The van der Waals surface area contributed by atoms with E-state index in [2.05, 4.69) is 6.58 Å². The van der Waals surface area contributed by atoms with Crippen molar-refractivity contribution in [3.63, 3.8) is 0 Å². The molecule has 1 unspecified atom stereocenters. The third-order valence-electron chi connectivity index (χ3n) is 3.39. The Labute approximate surface area is 77.4 Å². The van der Waals surface area contributed by atoms with E-state index in [0.29, 0.717) is 0 Å². The second kappa shape index (κ2) is 2.53. The van der Waals surface area contributed by atoms with E-state index in [1.165, 1.54) is 0 Å². The van der Waals surface area contributed by atoms with Crippen molar-refractivity contribution >= 4 is 0 Å². The van der Waals surface area contributed by atoms with Gasteiger partial charge in [-0.2, -0.15) is 0 Å². The van der Waals surface area contributed by atoms with E-state index in [9.17, 15) is 8.78 Å². The lowest BCUT2D eigenvalue weighted by atomic mass is 9.86. The van der Waals surface area contributed by atoms with Crippen molar-refractivity contribution in [2.45, 2.75) is 37.6 Å².